The number of nitrogens with zero attached hydrogens (tertiary/aromatic N) is 2. The van der Waals surface area contributed by atoms with Gasteiger partial charge in [0.2, 0.25) is 0 Å². The van der Waals surface area contributed by atoms with Gasteiger partial charge in [-0.2, -0.15) is 0 Å². The first-order valence-electron chi connectivity index (χ1n) is 6.76. The fraction of sp³-hybridized carbons (Fsp3) is 0.125. The van der Waals surface area contributed by atoms with Gasteiger partial charge in [-0.05, 0) is 30.3 Å². The van der Waals surface area contributed by atoms with Crippen molar-refractivity contribution in [1.29, 1.82) is 0 Å². The van der Waals surface area contributed by atoms with E-state index in [1.54, 1.807) is 0 Å². The fourth-order valence-electron chi connectivity index (χ4n) is 2.27. The molecule has 6 heteroatoms. The number of benzene rings is 2. The molecule has 0 amide bonds. The Morgan fingerprint density at radius 3 is 2.41 bits per heavy atom. The van der Waals surface area contributed by atoms with E-state index in [0.29, 0.717) is 5.69 Å². The van der Waals surface area contributed by atoms with E-state index in [0.717, 1.165) is 21.5 Å². The Bertz CT molecular complexity index is 825. The van der Waals surface area contributed by atoms with Crippen molar-refractivity contribution in [3.63, 3.8) is 0 Å². The van der Waals surface area contributed by atoms with Crippen LogP contribution in [0.4, 0.5) is 22.1 Å². The third kappa shape index (κ3) is 2.60. The van der Waals surface area contributed by atoms with Gasteiger partial charge in [-0.1, -0.05) is 29.5 Å². The highest BCUT2D eigenvalue weighted by atomic mass is 32.1. The molecule has 0 saturated carbocycles. The van der Waals surface area contributed by atoms with Gasteiger partial charge in [0.15, 0.2) is 0 Å². The van der Waals surface area contributed by atoms with Crippen LogP contribution in [0.25, 0.3) is 10.1 Å². The average molecular weight is 313 g/mol. The first kappa shape index (κ1) is 14.3. The molecule has 0 atom stereocenters. The van der Waals surface area contributed by atoms with E-state index in [9.17, 15) is 10.1 Å². The first-order valence-corrected chi connectivity index (χ1v) is 7.58. The Morgan fingerprint density at radius 2 is 1.77 bits per heavy atom. The van der Waals surface area contributed by atoms with E-state index >= 15 is 0 Å². The molecule has 1 aromatic heterocycles. The standard InChI is InChI=1S/C16H15N3O2S/c1-18(2)12-9-7-11(8-10-12)17-15-13-5-3-4-6-14(13)22-16(15)19(20)21/h3-10,17H,1-2H3. The first-order chi connectivity index (χ1) is 10.6. The molecule has 1 N–H and O–H groups in total. The van der Waals surface area contributed by atoms with Gasteiger partial charge < -0.3 is 10.2 Å². The third-order valence-corrected chi connectivity index (χ3v) is 4.52. The Kier molecular flexibility index (Phi) is 3.68. The summed E-state index contributed by atoms with van der Waals surface area (Å²) in [6.07, 6.45) is 0. The van der Waals surface area contributed by atoms with Crippen molar-refractivity contribution in [1.82, 2.24) is 0 Å². The molecule has 0 aliphatic heterocycles. The Hall–Kier alpha value is -2.60. The van der Waals surface area contributed by atoms with Gasteiger partial charge in [-0.15, -0.1) is 0 Å². The van der Waals surface area contributed by atoms with E-state index in [1.807, 2.05) is 67.5 Å². The fourth-order valence-corrected chi connectivity index (χ4v) is 3.24. The summed E-state index contributed by atoms with van der Waals surface area (Å²) in [5, 5.41) is 15.5. The number of rotatable bonds is 4. The summed E-state index contributed by atoms with van der Waals surface area (Å²) in [5.74, 6) is 0. The summed E-state index contributed by atoms with van der Waals surface area (Å²) < 4.78 is 0.904. The zero-order chi connectivity index (χ0) is 15.7. The second kappa shape index (κ2) is 5.65. The maximum absolute atomic E-state index is 11.3. The predicted octanol–water partition coefficient (Wildman–Crippen LogP) is 4.62. The molecule has 0 unspecified atom stereocenters. The van der Waals surface area contributed by atoms with Crippen molar-refractivity contribution in [2.45, 2.75) is 0 Å². The van der Waals surface area contributed by atoms with E-state index in [1.165, 1.54) is 11.3 Å². The van der Waals surface area contributed by atoms with E-state index in [2.05, 4.69) is 5.32 Å². The summed E-state index contributed by atoms with van der Waals surface area (Å²) in [6.45, 7) is 0. The number of fused-ring (bicyclic) bond motifs is 1. The molecule has 112 valence electrons. The van der Waals surface area contributed by atoms with Gasteiger partial charge >= 0.3 is 5.00 Å². The second-order valence-corrected chi connectivity index (χ2v) is 6.13. The van der Waals surface area contributed by atoms with Crippen LogP contribution in [0.2, 0.25) is 0 Å². The molecular formula is C16H15N3O2S. The minimum absolute atomic E-state index is 0.137. The maximum Gasteiger partial charge on any atom is 0.348 e. The van der Waals surface area contributed by atoms with Gasteiger partial charge in [-0.3, -0.25) is 10.1 Å². The summed E-state index contributed by atoms with van der Waals surface area (Å²) in [4.78, 5) is 13.0. The number of anilines is 3. The topological polar surface area (TPSA) is 58.4 Å². The molecular weight excluding hydrogens is 298 g/mol. The minimum atomic E-state index is -0.332. The normalized spacial score (nSPS) is 10.6. The second-order valence-electron chi connectivity index (χ2n) is 5.10. The average Bonchev–Trinajstić information content (AvgIpc) is 2.87. The van der Waals surface area contributed by atoms with Gasteiger partial charge in [0.25, 0.3) is 0 Å². The van der Waals surface area contributed by atoms with Crippen LogP contribution in [-0.4, -0.2) is 19.0 Å². The number of hydrogen-bond acceptors (Lipinski definition) is 5. The molecule has 0 radical (unpaired) electrons. The van der Waals surface area contributed by atoms with Gasteiger partial charge in [0, 0.05) is 35.6 Å². The van der Waals surface area contributed by atoms with E-state index < -0.39 is 0 Å². The number of hydrogen-bond donors (Lipinski definition) is 1. The highest BCUT2D eigenvalue weighted by molar-refractivity contribution is 7.23. The predicted molar refractivity (Wildman–Crippen MR) is 92.5 cm³/mol. The maximum atomic E-state index is 11.3. The molecule has 3 rings (SSSR count). The Balaban J connectivity index is 2.02. The summed E-state index contributed by atoms with van der Waals surface area (Å²) in [7, 11) is 3.94. The van der Waals surface area contributed by atoms with Crippen LogP contribution in [0.3, 0.4) is 0 Å². The molecule has 0 spiro atoms. The van der Waals surface area contributed by atoms with Crippen molar-refractivity contribution >= 4 is 43.5 Å². The highest BCUT2D eigenvalue weighted by Crippen LogP contribution is 2.42. The summed E-state index contributed by atoms with van der Waals surface area (Å²) in [6, 6.07) is 15.4. The SMILES string of the molecule is CN(C)c1ccc(Nc2c([N+](=O)[O-])sc3ccccc23)cc1. The van der Waals surface area contributed by atoms with Gasteiger partial charge in [0.1, 0.15) is 5.69 Å². The largest absolute Gasteiger partial charge is 0.378 e. The van der Waals surface area contributed by atoms with E-state index in [4.69, 9.17) is 0 Å². The molecule has 0 saturated heterocycles. The van der Waals surface area contributed by atoms with E-state index in [-0.39, 0.29) is 9.92 Å². The van der Waals surface area contributed by atoms with Crippen LogP contribution in [0.5, 0.6) is 0 Å². The lowest BCUT2D eigenvalue weighted by Crippen LogP contribution is -2.08. The molecule has 1 heterocycles. The van der Waals surface area contributed by atoms with Crippen LogP contribution in [0.15, 0.2) is 48.5 Å². The van der Waals surface area contributed by atoms with Crippen LogP contribution < -0.4 is 10.2 Å². The monoisotopic (exact) mass is 313 g/mol. The van der Waals surface area contributed by atoms with Crippen molar-refractivity contribution < 1.29 is 4.92 Å². The quantitative estimate of drug-likeness (QED) is 0.564. The molecule has 0 fully saturated rings. The van der Waals surface area contributed by atoms with Crippen molar-refractivity contribution in [2.75, 3.05) is 24.3 Å². The minimum Gasteiger partial charge on any atom is -0.378 e. The van der Waals surface area contributed by atoms with Crippen molar-refractivity contribution in [3.8, 4) is 0 Å². The molecule has 22 heavy (non-hydrogen) atoms. The summed E-state index contributed by atoms with van der Waals surface area (Å²) in [5.41, 5.74) is 2.47. The molecule has 0 aliphatic rings. The molecule has 0 bridgehead atoms. The number of nitro groups is 1. The Labute approximate surface area is 132 Å². The third-order valence-electron chi connectivity index (χ3n) is 3.40. The highest BCUT2D eigenvalue weighted by Gasteiger charge is 2.21. The van der Waals surface area contributed by atoms with Crippen LogP contribution in [0, 0.1) is 10.1 Å². The Morgan fingerprint density at radius 1 is 1.09 bits per heavy atom. The lowest BCUT2D eigenvalue weighted by molar-refractivity contribution is -0.379. The zero-order valence-corrected chi connectivity index (χ0v) is 13.1. The zero-order valence-electron chi connectivity index (χ0n) is 12.2. The van der Waals surface area contributed by atoms with Crippen molar-refractivity contribution in [3.05, 3.63) is 58.6 Å². The van der Waals surface area contributed by atoms with Crippen molar-refractivity contribution in [2.24, 2.45) is 0 Å². The molecule has 3 aromatic rings. The smallest absolute Gasteiger partial charge is 0.348 e. The molecule has 2 aromatic carbocycles. The van der Waals surface area contributed by atoms with Crippen LogP contribution in [-0.2, 0) is 0 Å². The number of thiophene rings is 1. The molecule has 5 nitrogen and oxygen atoms in total. The summed E-state index contributed by atoms with van der Waals surface area (Å²) >= 11 is 1.19. The molecule has 0 aliphatic carbocycles. The lowest BCUT2D eigenvalue weighted by atomic mass is 10.2. The van der Waals surface area contributed by atoms with Crippen LogP contribution >= 0.6 is 11.3 Å². The number of nitrogens with one attached hydrogen (secondary N) is 1. The van der Waals surface area contributed by atoms with Gasteiger partial charge in [0.05, 0.1) is 4.92 Å². The lowest BCUT2D eigenvalue weighted by Gasteiger charge is -2.13. The van der Waals surface area contributed by atoms with Gasteiger partial charge in [-0.25, -0.2) is 0 Å². The van der Waals surface area contributed by atoms with Crippen LogP contribution in [0.1, 0.15) is 0 Å².